The number of hydrogen-bond acceptors (Lipinski definition) is 3. The van der Waals surface area contributed by atoms with E-state index >= 15 is 0 Å². The minimum Gasteiger partial charge on any atom is -0.444 e. The number of nitrogens with zero attached hydrogens (tertiary/aromatic N) is 1. The summed E-state index contributed by atoms with van der Waals surface area (Å²) in [4.78, 5) is 14.6. The van der Waals surface area contributed by atoms with Crippen LogP contribution in [0.25, 0.3) is 0 Å². The highest BCUT2D eigenvalue weighted by molar-refractivity contribution is 6.30. The van der Waals surface area contributed by atoms with E-state index in [-0.39, 0.29) is 12.1 Å². The molecule has 1 unspecified atom stereocenters. The molecule has 4 nitrogen and oxygen atoms in total. The number of alkyl carbamates (subject to hydrolysis) is 1. The Kier molecular flexibility index (Phi) is 5.93. The van der Waals surface area contributed by atoms with Crippen molar-refractivity contribution >= 4 is 17.7 Å². The normalized spacial score (nSPS) is 18.5. The Labute approximate surface area is 144 Å². The molecule has 1 aromatic carbocycles. The minimum absolute atomic E-state index is 0.0455. The van der Waals surface area contributed by atoms with Crippen LogP contribution >= 0.6 is 11.6 Å². The Bertz CT molecular complexity index is 517. The van der Waals surface area contributed by atoms with Crippen LogP contribution in [-0.4, -0.2) is 36.7 Å². The second kappa shape index (κ2) is 7.54. The summed E-state index contributed by atoms with van der Waals surface area (Å²) in [6, 6.07) is 7.67. The van der Waals surface area contributed by atoms with Crippen molar-refractivity contribution in [3.8, 4) is 0 Å². The first-order chi connectivity index (χ1) is 10.7. The smallest absolute Gasteiger partial charge is 0.408 e. The Hall–Kier alpha value is -1.26. The van der Waals surface area contributed by atoms with Gasteiger partial charge in [-0.2, -0.15) is 0 Å². The number of carbonyl (C=O) groups is 1. The van der Waals surface area contributed by atoms with Gasteiger partial charge >= 0.3 is 6.09 Å². The molecular formula is C18H27ClN2O2. The van der Waals surface area contributed by atoms with E-state index in [1.165, 1.54) is 0 Å². The highest BCUT2D eigenvalue weighted by Gasteiger charge is 2.29. The Morgan fingerprint density at radius 2 is 1.83 bits per heavy atom. The van der Waals surface area contributed by atoms with E-state index in [1.54, 1.807) is 0 Å². The molecule has 1 atom stereocenters. The summed E-state index contributed by atoms with van der Waals surface area (Å²) < 4.78 is 5.44. The van der Waals surface area contributed by atoms with Crippen molar-refractivity contribution < 1.29 is 9.53 Å². The molecule has 5 heteroatoms. The van der Waals surface area contributed by atoms with Gasteiger partial charge in [0.1, 0.15) is 5.60 Å². The second-order valence-corrected chi connectivity index (χ2v) is 7.75. The molecule has 2 rings (SSSR count). The molecule has 1 saturated heterocycles. The molecule has 1 amide bonds. The van der Waals surface area contributed by atoms with E-state index in [4.69, 9.17) is 16.3 Å². The van der Waals surface area contributed by atoms with Crippen molar-refractivity contribution in [1.29, 1.82) is 0 Å². The zero-order valence-electron chi connectivity index (χ0n) is 14.4. The average molecular weight is 339 g/mol. The van der Waals surface area contributed by atoms with Crippen molar-refractivity contribution in [2.24, 2.45) is 5.92 Å². The quantitative estimate of drug-likeness (QED) is 0.895. The number of amides is 1. The first-order valence-electron chi connectivity index (χ1n) is 8.18. The van der Waals surface area contributed by atoms with Crippen LogP contribution in [-0.2, 0) is 4.74 Å². The largest absolute Gasteiger partial charge is 0.444 e. The summed E-state index contributed by atoms with van der Waals surface area (Å²) in [5.74, 6) is 0.403. The SMILES string of the molecule is CN1CCC(C(NC(=O)OC(C)(C)C)c2ccc(Cl)cc2)CC1. The lowest BCUT2D eigenvalue weighted by molar-refractivity contribution is 0.0467. The van der Waals surface area contributed by atoms with Crippen LogP contribution < -0.4 is 5.32 Å². The molecule has 1 heterocycles. The van der Waals surface area contributed by atoms with Crippen LogP contribution in [0.4, 0.5) is 4.79 Å². The predicted octanol–water partition coefficient (Wildman–Crippen LogP) is 4.25. The lowest BCUT2D eigenvalue weighted by atomic mass is 9.85. The van der Waals surface area contributed by atoms with Gasteiger partial charge < -0.3 is 15.0 Å². The van der Waals surface area contributed by atoms with E-state index in [1.807, 2.05) is 45.0 Å². The molecule has 0 radical (unpaired) electrons. The van der Waals surface area contributed by atoms with Crippen molar-refractivity contribution in [1.82, 2.24) is 10.2 Å². The molecule has 0 aromatic heterocycles. The van der Waals surface area contributed by atoms with Gasteiger partial charge in [0.25, 0.3) is 0 Å². The Morgan fingerprint density at radius 1 is 1.26 bits per heavy atom. The number of halogens is 1. The van der Waals surface area contributed by atoms with E-state index in [2.05, 4.69) is 17.3 Å². The van der Waals surface area contributed by atoms with Crippen molar-refractivity contribution in [2.45, 2.75) is 45.3 Å². The lowest BCUT2D eigenvalue weighted by Gasteiger charge is -2.35. The number of ether oxygens (including phenoxy) is 1. The Morgan fingerprint density at radius 3 is 2.35 bits per heavy atom. The van der Waals surface area contributed by atoms with Crippen LogP contribution in [0.2, 0.25) is 5.02 Å². The molecule has 128 valence electrons. The number of piperidine rings is 1. The van der Waals surface area contributed by atoms with Gasteiger partial charge in [-0.05, 0) is 77.4 Å². The van der Waals surface area contributed by atoms with Gasteiger partial charge in [0.2, 0.25) is 0 Å². The number of likely N-dealkylation sites (tertiary alicyclic amines) is 1. The summed E-state index contributed by atoms with van der Waals surface area (Å²) in [6.45, 7) is 7.72. The van der Waals surface area contributed by atoms with Crippen LogP contribution in [0, 0.1) is 5.92 Å². The minimum atomic E-state index is -0.499. The first-order valence-corrected chi connectivity index (χ1v) is 8.56. The third-order valence-corrected chi connectivity index (χ3v) is 4.39. The maximum absolute atomic E-state index is 12.2. The summed E-state index contributed by atoms with van der Waals surface area (Å²) in [6.07, 6.45) is 1.75. The van der Waals surface area contributed by atoms with E-state index < -0.39 is 5.60 Å². The van der Waals surface area contributed by atoms with Crippen LogP contribution in [0.3, 0.4) is 0 Å². The maximum atomic E-state index is 12.2. The zero-order chi connectivity index (χ0) is 17.0. The van der Waals surface area contributed by atoms with Crippen molar-refractivity contribution in [3.63, 3.8) is 0 Å². The fourth-order valence-corrected chi connectivity index (χ4v) is 3.07. The highest BCUT2D eigenvalue weighted by atomic mass is 35.5. The van der Waals surface area contributed by atoms with Gasteiger partial charge in [0, 0.05) is 5.02 Å². The van der Waals surface area contributed by atoms with Gasteiger partial charge in [-0.15, -0.1) is 0 Å². The lowest BCUT2D eigenvalue weighted by Crippen LogP contribution is -2.41. The highest BCUT2D eigenvalue weighted by Crippen LogP contribution is 2.31. The predicted molar refractivity (Wildman–Crippen MR) is 93.8 cm³/mol. The standard InChI is InChI=1S/C18H27ClN2O2/c1-18(2,3)23-17(22)20-16(13-5-7-15(19)8-6-13)14-9-11-21(4)12-10-14/h5-8,14,16H,9-12H2,1-4H3,(H,20,22). The third-order valence-electron chi connectivity index (χ3n) is 4.14. The van der Waals surface area contributed by atoms with Gasteiger partial charge in [-0.25, -0.2) is 4.79 Å². The van der Waals surface area contributed by atoms with E-state index in [0.29, 0.717) is 10.9 Å². The molecule has 1 aromatic rings. The van der Waals surface area contributed by atoms with Gasteiger partial charge in [-0.3, -0.25) is 0 Å². The summed E-state index contributed by atoms with van der Waals surface area (Å²) in [5.41, 5.74) is 0.580. The molecule has 1 aliphatic rings. The Balaban J connectivity index is 2.14. The molecular weight excluding hydrogens is 312 g/mol. The van der Waals surface area contributed by atoms with Crippen molar-refractivity contribution in [2.75, 3.05) is 20.1 Å². The molecule has 23 heavy (non-hydrogen) atoms. The first kappa shape index (κ1) is 18.1. The molecule has 0 spiro atoms. The molecule has 1 N–H and O–H groups in total. The monoisotopic (exact) mass is 338 g/mol. The van der Waals surface area contributed by atoms with Crippen LogP contribution in [0.5, 0.6) is 0 Å². The molecule has 1 fully saturated rings. The van der Waals surface area contributed by atoms with Crippen molar-refractivity contribution in [3.05, 3.63) is 34.9 Å². The molecule has 0 aliphatic carbocycles. The summed E-state index contributed by atoms with van der Waals surface area (Å²) in [7, 11) is 2.13. The number of carbonyl (C=O) groups excluding carboxylic acids is 1. The number of benzene rings is 1. The number of hydrogen-bond donors (Lipinski definition) is 1. The third kappa shape index (κ3) is 5.70. The van der Waals surface area contributed by atoms with Gasteiger partial charge in [0.05, 0.1) is 6.04 Å². The van der Waals surface area contributed by atoms with Gasteiger partial charge in [0.15, 0.2) is 0 Å². The molecule has 1 aliphatic heterocycles. The summed E-state index contributed by atoms with van der Waals surface area (Å²) in [5, 5.41) is 3.77. The van der Waals surface area contributed by atoms with Crippen LogP contribution in [0.1, 0.15) is 45.2 Å². The van der Waals surface area contributed by atoms with E-state index in [0.717, 1.165) is 31.5 Å². The fourth-order valence-electron chi connectivity index (χ4n) is 2.94. The molecule has 0 saturated carbocycles. The van der Waals surface area contributed by atoms with Gasteiger partial charge in [-0.1, -0.05) is 23.7 Å². The number of nitrogens with one attached hydrogen (secondary N) is 1. The fraction of sp³-hybridized carbons (Fsp3) is 0.611. The maximum Gasteiger partial charge on any atom is 0.408 e. The second-order valence-electron chi connectivity index (χ2n) is 7.32. The summed E-state index contributed by atoms with van der Waals surface area (Å²) >= 11 is 6.00. The average Bonchev–Trinajstić information content (AvgIpc) is 2.45. The zero-order valence-corrected chi connectivity index (χ0v) is 15.2. The molecule has 0 bridgehead atoms. The van der Waals surface area contributed by atoms with Crippen LogP contribution in [0.15, 0.2) is 24.3 Å². The van der Waals surface area contributed by atoms with E-state index in [9.17, 15) is 4.79 Å². The topological polar surface area (TPSA) is 41.6 Å². The number of rotatable bonds is 3.